The highest BCUT2D eigenvalue weighted by Gasteiger charge is 2.32. The molecule has 210 valence electrons. The van der Waals surface area contributed by atoms with Crippen LogP contribution >= 0.6 is 0 Å². The molecular weight excluding hydrogens is 488 g/mol. The predicted octanol–water partition coefficient (Wildman–Crippen LogP) is 7.39. The predicted molar refractivity (Wildman–Crippen MR) is 156 cm³/mol. The highest BCUT2D eigenvalue weighted by atomic mass is 16.5. The Morgan fingerprint density at radius 1 is 1.10 bits per heavy atom. The van der Waals surface area contributed by atoms with E-state index in [1.807, 2.05) is 56.0 Å². The molecular formula is C33H44N2O4. The summed E-state index contributed by atoms with van der Waals surface area (Å²) in [5.74, 6) is 2.46. The SMILES string of the molecule is C=C(/C=C\C(OC)=C(C)C)C1CCC(CN(C(=O)C2CCC(O)CC2)c2cccc(-c3nc(C)co3)c2)CC1. The van der Waals surface area contributed by atoms with Crippen LogP contribution in [0.3, 0.4) is 0 Å². The lowest BCUT2D eigenvalue weighted by Crippen LogP contribution is -2.42. The molecule has 1 aromatic heterocycles. The Kier molecular flexibility index (Phi) is 9.84. The summed E-state index contributed by atoms with van der Waals surface area (Å²) in [6.07, 6.45) is 12.6. The number of hydrogen-bond donors (Lipinski definition) is 1. The van der Waals surface area contributed by atoms with Gasteiger partial charge in [0.2, 0.25) is 11.8 Å². The van der Waals surface area contributed by atoms with Gasteiger partial charge in [-0.05, 0) is 114 Å². The number of oxazole rings is 1. The Labute approximate surface area is 233 Å². The molecule has 0 saturated heterocycles. The standard InChI is InChI=1S/C33H44N2O4/c1-22(2)31(38-5)18-9-23(3)26-12-10-25(11-13-26)20-35(33(37)27-14-16-30(36)17-15-27)29-8-6-7-28(19-29)32-34-24(4)21-39-32/h6-9,18-19,21,25-27,30,36H,3,10-17,20H2,1-2,4-5H3/b18-9-. The minimum absolute atomic E-state index is 0.0488. The van der Waals surface area contributed by atoms with E-state index in [2.05, 4.69) is 17.6 Å². The number of allylic oxidation sites excluding steroid dienone is 4. The average molecular weight is 533 g/mol. The third-order valence-corrected chi connectivity index (χ3v) is 8.31. The van der Waals surface area contributed by atoms with Crippen molar-refractivity contribution >= 4 is 11.6 Å². The van der Waals surface area contributed by atoms with E-state index in [-0.39, 0.29) is 17.9 Å². The molecule has 2 saturated carbocycles. The van der Waals surface area contributed by atoms with Crippen LogP contribution in [0.25, 0.3) is 11.5 Å². The van der Waals surface area contributed by atoms with Gasteiger partial charge in [0.25, 0.3) is 0 Å². The maximum atomic E-state index is 13.9. The van der Waals surface area contributed by atoms with E-state index in [9.17, 15) is 9.90 Å². The summed E-state index contributed by atoms with van der Waals surface area (Å²) in [5, 5.41) is 10.0. The van der Waals surface area contributed by atoms with Crippen LogP contribution in [0.4, 0.5) is 5.69 Å². The van der Waals surface area contributed by atoms with Crippen molar-refractivity contribution in [3.63, 3.8) is 0 Å². The molecule has 6 nitrogen and oxygen atoms in total. The van der Waals surface area contributed by atoms with Gasteiger partial charge in [-0.15, -0.1) is 0 Å². The second-order valence-electron chi connectivity index (χ2n) is 11.5. The lowest BCUT2D eigenvalue weighted by atomic mass is 9.78. The van der Waals surface area contributed by atoms with Gasteiger partial charge in [0.05, 0.1) is 18.9 Å². The summed E-state index contributed by atoms with van der Waals surface area (Å²) in [5.41, 5.74) is 4.88. The third kappa shape index (κ3) is 7.51. The van der Waals surface area contributed by atoms with Gasteiger partial charge in [-0.1, -0.05) is 24.3 Å². The first-order valence-corrected chi connectivity index (χ1v) is 14.4. The quantitative estimate of drug-likeness (QED) is 0.269. The number of aryl methyl sites for hydroxylation is 1. The van der Waals surface area contributed by atoms with Gasteiger partial charge in [-0.2, -0.15) is 0 Å². The molecule has 39 heavy (non-hydrogen) atoms. The Balaban J connectivity index is 1.47. The number of amides is 1. The highest BCUT2D eigenvalue weighted by molar-refractivity contribution is 5.95. The molecule has 0 unspecified atom stereocenters. The van der Waals surface area contributed by atoms with Gasteiger partial charge < -0.3 is 19.2 Å². The number of aliphatic hydroxyl groups is 1. The molecule has 0 radical (unpaired) electrons. The van der Waals surface area contributed by atoms with E-state index in [0.717, 1.165) is 72.4 Å². The van der Waals surface area contributed by atoms with Gasteiger partial charge in [-0.25, -0.2) is 4.98 Å². The van der Waals surface area contributed by atoms with Crippen molar-refractivity contribution in [1.29, 1.82) is 0 Å². The first-order chi connectivity index (χ1) is 18.7. The molecule has 0 aliphatic heterocycles. The van der Waals surface area contributed by atoms with E-state index < -0.39 is 0 Å². The normalized spacial score (nSPS) is 23.4. The summed E-state index contributed by atoms with van der Waals surface area (Å²) in [6.45, 7) is 11.0. The minimum atomic E-state index is -0.284. The van der Waals surface area contributed by atoms with E-state index in [0.29, 0.717) is 37.1 Å². The van der Waals surface area contributed by atoms with E-state index in [1.54, 1.807) is 13.4 Å². The summed E-state index contributed by atoms with van der Waals surface area (Å²) >= 11 is 0. The summed E-state index contributed by atoms with van der Waals surface area (Å²) < 4.78 is 11.1. The zero-order chi connectivity index (χ0) is 27.9. The van der Waals surface area contributed by atoms with Gasteiger partial charge in [0.1, 0.15) is 12.0 Å². The number of ether oxygens (including phenoxy) is 1. The molecule has 1 N–H and O–H groups in total. The molecule has 1 aromatic carbocycles. The fourth-order valence-electron chi connectivity index (χ4n) is 5.89. The van der Waals surface area contributed by atoms with Crippen molar-refractivity contribution in [3.8, 4) is 11.5 Å². The molecule has 2 fully saturated rings. The highest BCUT2D eigenvalue weighted by Crippen LogP contribution is 2.36. The minimum Gasteiger partial charge on any atom is -0.497 e. The molecule has 0 atom stereocenters. The largest absolute Gasteiger partial charge is 0.497 e. The molecule has 4 rings (SSSR count). The number of hydrogen-bond acceptors (Lipinski definition) is 5. The monoisotopic (exact) mass is 532 g/mol. The van der Waals surface area contributed by atoms with Crippen molar-refractivity contribution < 1.29 is 19.1 Å². The molecule has 6 heteroatoms. The lowest BCUT2D eigenvalue weighted by molar-refractivity contribution is -0.124. The lowest BCUT2D eigenvalue weighted by Gasteiger charge is -2.36. The number of benzene rings is 1. The van der Waals surface area contributed by atoms with Crippen molar-refractivity contribution in [1.82, 2.24) is 4.98 Å². The first-order valence-electron chi connectivity index (χ1n) is 14.4. The third-order valence-electron chi connectivity index (χ3n) is 8.31. The number of nitrogens with zero attached hydrogens (tertiary/aromatic N) is 2. The second-order valence-corrected chi connectivity index (χ2v) is 11.5. The second kappa shape index (κ2) is 13.3. The molecule has 2 aliphatic rings. The number of aliphatic hydroxyl groups excluding tert-OH is 1. The van der Waals surface area contributed by atoms with Crippen molar-refractivity contribution in [2.75, 3.05) is 18.6 Å². The fourth-order valence-corrected chi connectivity index (χ4v) is 5.89. The van der Waals surface area contributed by atoms with Crippen LogP contribution in [0.2, 0.25) is 0 Å². The topological polar surface area (TPSA) is 75.8 Å². The summed E-state index contributed by atoms with van der Waals surface area (Å²) in [4.78, 5) is 20.4. The number of aromatic nitrogens is 1. The summed E-state index contributed by atoms with van der Waals surface area (Å²) in [7, 11) is 1.70. The number of carbonyl (C=O) groups excluding carboxylic acids is 1. The summed E-state index contributed by atoms with van der Waals surface area (Å²) in [6, 6.07) is 7.99. The van der Waals surface area contributed by atoms with Crippen LogP contribution in [0.5, 0.6) is 0 Å². The molecule has 1 amide bonds. The molecule has 2 aromatic rings. The average Bonchev–Trinajstić information content (AvgIpc) is 3.38. The maximum Gasteiger partial charge on any atom is 0.230 e. The van der Waals surface area contributed by atoms with Gasteiger partial charge in [0, 0.05) is 23.7 Å². The van der Waals surface area contributed by atoms with Crippen LogP contribution in [0.15, 0.2) is 70.6 Å². The fraction of sp³-hybridized carbons (Fsp3) is 0.515. The smallest absolute Gasteiger partial charge is 0.230 e. The molecule has 0 bridgehead atoms. The van der Waals surface area contributed by atoms with Crippen LogP contribution in [-0.4, -0.2) is 35.8 Å². The number of rotatable bonds is 9. The van der Waals surface area contributed by atoms with Crippen molar-refractivity contribution in [2.24, 2.45) is 17.8 Å². The Morgan fingerprint density at radius 2 is 1.79 bits per heavy atom. The van der Waals surface area contributed by atoms with E-state index in [1.165, 1.54) is 0 Å². The zero-order valence-corrected chi connectivity index (χ0v) is 24.0. The van der Waals surface area contributed by atoms with Gasteiger partial charge in [0.15, 0.2) is 0 Å². The van der Waals surface area contributed by atoms with E-state index in [4.69, 9.17) is 9.15 Å². The maximum absolute atomic E-state index is 13.9. The van der Waals surface area contributed by atoms with Crippen LogP contribution in [0, 0.1) is 24.7 Å². The Bertz CT molecular complexity index is 1190. The number of methoxy groups -OCH3 is 1. The first kappa shape index (κ1) is 28.9. The van der Waals surface area contributed by atoms with Crippen LogP contribution in [0.1, 0.15) is 70.9 Å². The van der Waals surface area contributed by atoms with Gasteiger partial charge in [-0.3, -0.25) is 4.79 Å². The van der Waals surface area contributed by atoms with E-state index >= 15 is 0 Å². The number of anilines is 1. The number of carbonyl (C=O) groups is 1. The zero-order valence-electron chi connectivity index (χ0n) is 24.0. The Hall–Kier alpha value is -3.12. The van der Waals surface area contributed by atoms with Crippen molar-refractivity contribution in [2.45, 2.75) is 78.2 Å². The molecule has 0 spiro atoms. The molecule has 2 aliphatic carbocycles. The molecule has 1 heterocycles. The van der Waals surface area contributed by atoms with Crippen LogP contribution in [-0.2, 0) is 9.53 Å². The van der Waals surface area contributed by atoms with Crippen molar-refractivity contribution in [3.05, 3.63) is 71.9 Å². The van der Waals surface area contributed by atoms with Crippen LogP contribution < -0.4 is 4.90 Å². The Morgan fingerprint density at radius 3 is 2.41 bits per heavy atom. The van der Waals surface area contributed by atoms with Gasteiger partial charge >= 0.3 is 0 Å².